The van der Waals surface area contributed by atoms with Gasteiger partial charge in [-0.25, -0.2) is 0 Å². The predicted octanol–water partition coefficient (Wildman–Crippen LogP) is 4.36. The molecule has 8 heteroatoms. The highest BCUT2D eigenvalue weighted by atomic mass is 16.6. The summed E-state index contributed by atoms with van der Waals surface area (Å²) in [5.41, 5.74) is 0.307. The molecule has 4 aromatic rings. The molecule has 0 atom stereocenters. The Morgan fingerprint density at radius 2 is 1.77 bits per heavy atom. The first-order chi connectivity index (χ1) is 14.4. The van der Waals surface area contributed by atoms with Gasteiger partial charge >= 0.3 is 0 Å². The molecule has 0 bridgehead atoms. The van der Waals surface area contributed by atoms with Gasteiger partial charge in [0.15, 0.2) is 5.76 Å². The van der Waals surface area contributed by atoms with Crippen LogP contribution in [0.5, 0.6) is 17.2 Å². The Balaban J connectivity index is 1.85. The monoisotopic (exact) mass is 405 g/mol. The second-order valence-electron chi connectivity index (χ2n) is 6.51. The van der Waals surface area contributed by atoms with E-state index in [1.807, 2.05) is 0 Å². The number of nitro benzene ring substituents is 1. The second kappa shape index (κ2) is 7.59. The lowest BCUT2D eigenvalue weighted by Gasteiger charge is -2.12. The van der Waals surface area contributed by atoms with Crippen LogP contribution in [0, 0.1) is 10.1 Å². The van der Waals surface area contributed by atoms with Gasteiger partial charge in [-0.3, -0.25) is 14.9 Å². The highest BCUT2D eigenvalue weighted by Gasteiger charge is 2.21. The van der Waals surface area contributed by atoms with Crippen molar-refractivity contribution in [2.24, 2.45) is 0 Å². The Morgan fingerprint density at radius 3 is 2.50 bits per heavy atom. The van der Waals surface area contributed by atoms with Gasteiger partial charge in [0.25, 0.3) is 5.69 Å². The van der Waals surface area contributed by atoms with E-state index in [1.165, 1.54) is 24.3 Å². The number of benzene rings is 3. The van der Waals surface area contributed by atoms with Crippen LogP contribution in [0.2, 0.25) is 0 Å². The lowest BCUT2D eigenvalue weighted by molar-refractivity contribution is -0.384. The average Bonchev–Trinajstić information content (AvgIpc) is 2.73. The third kappa shape index (κ3) is 3.53. The standard InChI is InChI=1S/C22H15NO7/c24-16-10-17(25)19-18(11-16)30-21(14-6-2-1-3-7-14)22(20(19)26)29-12-13-5-4-8-15(9-13)23(27)28/h1-11,24-25H,12H2. The fourth-order valence-corrected chi connectivity index (χ4v) is 3.09. The van der Waals surface area contributed by atoms with E-state index in [0.717, 1.165) is 6.07 Å². The number of nitrogens with zero attached hydrogens (tertiary/aromatic N) is 1. The number of ether oxygens (including phenoxy) is 1. The van der Waals surface area contributed by atoms with E-state index in [0.29, 0.717) is 11.1 Å². The first-order valence-electron chi connectivity index (χ1n) is 8.88. The normalized spacial score (nSPS) is 10.8. The largest absolute Gasteiger partial charge is 0.508 e. The molecule has 0 amide bonds. The van der Waals surface area contributed by atoms with Gasteiger partial charge in [0.1, 0.15) is 29.1 Å². The molecule has 1 aromatic heterocycles. The molecule has 4 rings (SSSR count). The molecule has 0 fully saturated rings. The quantitative estimate of drug-likeness (QED) is 0.373. The van der Waals surface area contributed by atoms with Crippen molar-refractivity contribution in [1.29, 1.82) is 0 Å². The van der Waals surface area contributed by atoms with E-state index in [4.69, 9.17) is 9.15 Å². The minimum atomic E-state index is -0.627. The predicted molar refractivity (Wildman–Crippen MR) is 109 cm³/mol. The topological polar surface area (TPSA) is 123 Å². The molecule has 2 N–H and O–H groups in total. The summed E-state index contributed by atoms with van der Waals surface area (Å²) in [6, 6.07) is 16.9. The van der Waals surface area contributed by atoms with Crippen LogP contribution in [-0.4, -0.2) is 15.1 Å². The zero-order valence-electron chi connectivity index (χ0n) is 15.4. The van der Waals surface area contributed by atoms with Crippen molar-refractivity contribution in [3.05, 3.63) is 92.6 Å². The zero-order chi connectivity index (χ0) is 21.3. The molecule has 3 aromatic carbocycles. The fraction of sp³-hybridized carbons (Fsp3) is 0.0455. The molecule has 0 aliphatic rings. The number of non-ortho nitro benzene ring substituents is 1. The van der Waals surface area contributed by atoms with Crippen LogP contribution in [0.1, 0.15) is 5.56 Å². The lowest BCUT2D eigenvalue weighted by atomic mass is 10.1. The summed E-state index contributed by atoms with van der Waals surface area (Å²) in [6.45, 7) is -0.128. The maximum absolute atomic E-state index is 13.1. The number of phenolic OH excluding ortho intramolecular Hbond substituents is 2. The van der Waals surface area contributed by atoms with Gasteiger partial charge in [-0.05, 0) is 5.56 Å². The SMILES string of the molecule is O=c1c(OCc2cccc([N+](=O)[O-])c2)c(-c2ccccc2)oc2cc(O)cc(O)c12. The van der Waals surface area contributed by atoms with Crippen LogP contribution in [0.4, 0.5) is 5.69 Å². The van der Waals surface area contributed by atoms with Crippen LogP contribution in [0.3, 0.4) is 0 Å². The third-order valence-electron chi connectivity index (χ3n) is 4.46. The Morgan fingerprint density at radius 1 is 1.00 bits per heavy atom. The maximum atomic E-state index is 13.1. The number of rotatable bonds is 5. The average molecular weight is 405 g/mol. The van der Waals surface area contributed by atoms with Gasteiger partial charge in [-0.1, -0.05) is 42.5 Å². The maximum Gasteiger partial charge on any atom is 0.269 e. The molecule has 8 nitrogen and oxygen atoms in total. The van der Waals surface area contributed by atoms with E-state index in [1.54, 1.807) is 36.4 Å². The molecular weight excluding hydrogens is 390 g/mol. The van der Waals surface area contributed by atoms with Gasteiger partial charge in [-0.2, -0.15) is 0 Å². The molecule has 0 unspecified atom stereocenters. The minimum absolute atomic E-state index is 0.000878. The summed E-state index contributed by atoms with van der Waals surface area (Å²) in [4.78, 5) is 23.6. The summed E-state index contributed by atoms with van der Waals surface area (Å²) in [6.07, 6.45) is 0. The van der Waals surface area contributed by atoms with Crippen LogP contribution in [0.25, 0.3) is 22.3 Å². The van der Waals surface area contributed by atoms with Crippen molar-refractivity contribution in [2.45, 2.75) is 6.61 Å². The van der Waals surface area contributed by atoms with Crippen molar-refractivity contribution in [3.63, 3.8) is 0 Å². The van der Waals surface area contributed by atoms with Crippen molar-refractivity contribution >= 4 is 16.7 Å². The van der Waals surface area contributed by atoms with Crippen molar-refractivity contribution in [3.8, 4) is 28.6 Å². The molecule has 30 heavy (non-hydrogen) atoms. The first-order valence-corrected chi connectivity index (χ1v) is 8.88. The second-order valence-corrected chi connectivity index (χ2v) is 6.51. The summed E-state index contributed by atoms with van der Waals surface area (Å²) < 4.78 is 11.6. The van der Waals surface area contributed by atoms with Crippen LogP contribution in [0.15, 0.2) is 75.9 Å². The highest BCUT2D eigenvalue weighted by molar-refractivity contribution is 5.88. The smallest absolute Gasteiger partial charge is 0.269 e. The Labute approximate surface area is 169 Å². The fourth-order valence-electron chi connectivity index (χ4n) is 3.09. The van der Waals surface area contributed by atoms with Gasteiger partial charge < -0.3 is 19.4 Å². The van der Waals surface area contributed by atoms with Gasteiger partial charge in [-0.15, -0.1) is 0 Å². The van der Waals surface area contributed by atoms with Gasteiger partial charge in [0, 0.05) is 29.8 Å². The van der Waals surface area contributed by atoms with E-state index >= 15 is 0 Å². The number of phenols is 2. The molecule has 0 aliphatic carbocycles. The molecule has 0 radical (unpaired) electrons. The Bertz CT molecular complexity index is 1310. The molecular formula is C22H15NO7. The molecule has 0 saturated carbocycles. The lowest BCUT2D eigenvalue weighted by Crippen LogP contribution is -2.10. The van der Waals surface area contributed by atoms with Crippen LogP contribution < -0.4 is 10.2 Å². The number of fused-ring (bicyclic) bond motifs is 1. The van der Waals surface area contributed by atoms with Gasteiger partial charge in [0.2, 0.25) is 11.2 Å². The third-order valence-corrected chi connectivity index (χ3v) is 4.46. The summed E-state index contributed by atoms with van der Waals surface area (Å²) in [5, 5.41) is 30.7. The molecule has 1 heterocycles. The zero-order valence-corrected chi connectivity index (χ0v) is 15.4. The first kappa shape index (κ1) is 19.0. The molecule has 0 aliphatic heterocycles. The van der Waals surface area contributed by atoms with E-state index in [-0.39, 0.29) is 40.5 Å². The summed E-state index contributed by atoms with van der Waals surface area (Å²) >= 11 is 0. The van der Waals surface area contributed by atoms with Crippen LogP contribution >= 0.6 is 0 Å². The van der Waals surface area contributed by atoms with Crippen molar-refractivity contribution in [1.82, 2.24) is 0 Å². The Kier molecular flexibility index (Phi) is 4.81. The van der Waals surface area contributed by atoms with E-state index in [2.05, 4.69) is 0 Å². The number of hydrogen-bond acceptors (Lipinski definition) is 7. The summed E-state index contributed by atoms with van der Waals surface area (Å²) in [5.74, 6) is -0.740. The van der Waals surface area contributed by atoms with Gasteiger partial charge in [0.05, 0.1) is 4.92 Å². The van der Waals surface area contributed by atoms with E-state index in [9.17, 15) is 25.1 Å². The highest BCUT2D eigenvalue weighted by Crippen LogP contribution is 2.35. The molecule has 150 valence electrons. The number of aromatic hydroxyl groups is 2. The van der Waals surface area contributed by atoms with Crippen molar-refractivity contribution < 1.29 is 24.3 Å². The Hall–Kier alpha value is -4.33. The molecule has 0 spiro atoms. The van der Waals surface area contributed by atoms with Crippen LogP contribution in [-0.2, 0) is 6.61 Å². The van der Waals surface area contributed by atoms with E-state index < -0.39 is 16.1 Å². The molecule has 0 saturated heterocycles. The number of hydrogen-bond donors (Lipinski definition) is 2. The van der Waals surface area contributed by atoms with Crippen molar-refractivity contribution in [2.75, 3.05) is 0 Å². The summed E-state index contributed by atoms with van der Waals surface area (Å²) in [7, 11) is 0. The minimum Gasteiger partial charge on any atom is -0.508 e. The number of nitro groups is 1.